The highest BCUT2D eigenvalue weighted by Gasteiger charge is 2.25. The molecule has 1 atom stereocenters. The van der Waals surface area contributed by atoms with Crippen LogP contribution in [0.4, 0.5) is 4.79 Å². The smallest absolute Gasteiger partial charge is 0.317 e. The Bertz CT molecular complexity index is 719. The van der Waals surface area contributed by atoms with Gasteiger partial charge in [0, 0.05) is 19.2 Å². The SMILES string of the molecule is COc1ccc(CNC(=O)N2CCCC(Oc3ccc(C)nn3)C2)cc1. The number of carbonyl (C=O) groups excluding carboxylic acids is 1. The van der Waals surface area contributed by atoms with Crippen molar-refractivity contribution in [1.82, 2.24) is 20.4 Å². The second kappa shape index (κ2) is 8.51. The molecule has 2 aromatic rings. The molecule has 26 heavy (non-hydrogen) atoms. The molecule has 0 saturated carbocycles. The molecule has 2 heterocycles. The number of carbonyl (C=O) groups is 1. The molecule has 1 aromatic heterocycles. The lowest BCUT2D eigenvalue weighted by atomic mass is 10.1. The Morgan fingerprint density at radius 2 is 2.04 bits per heavy atom. The number of nitrogens with zero attached hydrogens (tertiary/aromatic N) is 3. The molecule has 2 amide bonds. The van der Waals surface area contributed by atoms with Crippen LogP contribution in [-0.2, 0) is 6.54 Å². The fourth-order valence-electron chi connectivity index (χ4n) is 2.87. The lowest BCUT2D eigenvalue weighted by Gasteiger charge is -2.32. The highest BCUT2D eigenvalue weighted by atomic mass is 16.5. The topological polar surface area (TPSA) is 76.6 Å². The normalized spacial score (nSPS) is 16.8. The third kappa shape index (κ3) is 4.84. The first kappa shape index (κ1) is 18.0. The molecule has 7 nitrogen and oxygen atoms in total. The maximum Gasteiger partial charge on any atom is 0.317 e. The zero-order chi connectivity index (χ0) is 18.4. The molecule has 0 radical (unpaired) electrons. The maximum atomic E-state index is 12.4. The van der Waals surface area contributed by atoms with Crippen LogP contribution in [0.1, 0.15) is 24.1 Å². The standard InChI is InChI=1S/C19H24N4O3/c1-14-5-10-18(22-21-14)26-17-4-3-11-23(13-17)19(24)20-12-15-6-8-16(25-2)9-7-15/h5-10,17H,3-4,11-13H2,1-2H3,(H,20,24). The molecule has 1 unspecified atom stereocenters. The number of hydrogen-bond donors (Lipinski definition) is 1. The van der Waals surface area contributed by atoms with Crippen LogP contribution in [0.2, 0.25) is 0 Å². The molecule has 1 fully saturated rings. The molecule has 7 heteroatoms. The van der Waals surface area contributed by atoms with Gasteiger partial charge in [-0.3, -0.25) is 0 Å². The van der Waals surface area contributed by atoms with E-state index in [-0.39, 0.29) is 12.1 Å². The molecule has 1 aromatic carbocycles. The number of aryl methyl sites for hydroxylation is 1. The average molecular weight is 356 g/mol. The lowest BCUT2D eigenvalue weighted by molar-refractivity contribution is 0.0968. The van der Waals surface area contributed by atoms with Crippen molar-refractivity contribution in [2.24, 2.45) is 0 Å². The number of urea groups is 1. The van der Waals surface area contributed by atoms with Gasteiger partial charge in [0.2, 0.25) is 5.88 Å². The number of benzene rings is 1. The summed E-state index contributed by atoms with van der Waals surface area (Å²) < 4.78 is 11.0. The Kier molecular flexibility index (Phi) is 5.88. The summed E-state index contributed by atoms with van der Waals surface area (Å²) in [5.74, 6) is 1.30. The van der Waals surface area contributed by atoms with Gasteiger partial charge >= 0.3 is 6.03 Å². The number of ether oxygens (including phenoxy) is 2. The van der Waals surface area contributed by atoms with Gasteiger partial charge in [0.15, 0.2) is 0 Å². The Labute approximate surface area is 153 Å². The van der Waals surface area contributed by atoms with Gasteiger partial charge in [-0.2, -0.15) is 5.10 Å². The van der Waals surface area contributed by atoms with E-state index in [4.69, 9.17) is 9.47 Å². The largest absolute Gasteiger partial charge is 0.497 e. The number of piperidine rings is 1. The van der Waals surface area contributed by atoms with E-state index in [1.165, 1.54) is 0 Å². The first-order valence-electron chi connectivity index (χ1n) is 8.77. The minimum absolute atomic E-state index is 0.0625. The molecule has 3 rings (SSSR count). The summed E-state index contributed by atoms with van der Waals surface area (Å²) >= 11 is 0. The second-order valence-corrected chi connectivity index (χ2v) is 6.35. The Morgan fingerprint density at radius 3 is 2.73 bits per heavy atom. The zero-order valence-electron chi connectivity index (χ0n) is 15.1. The number of aromatic nitrogens is 2. The molecule has 0 spiro atoms. The maximum absolute atomic E-state index is 12.4. The van der Waals surface area contributed by atoms with E-state index in [9.17, 15) is 4.79 Å². The fourth-order valence-corrected chi connectivity index (χ4v) is 2.87. The first-order chi connectivity index (χ1) is 12.6. The van der Waals surface area contributed by atoms with Gasteiger partial charge < -0.3 is 19.7 Å². The summed E-state index contributed by atoms with van der Waals surface area (Å²) in [6, 6.07) is 11.2. The Hall–Kier alpha value is -2.83. The highest BCUT2D eigenvalue weighted by molar-refractivity contribution is 5.74. The fraction of sp³-hybridized carbons (Fsp3) is 0.421. The van der Waals surface area contributed by atoms with Crippen molar-refractivity contribution in [1.29, 1.82) is 0 Å². The number of methoxy groups -OCH3 is 1. The second-order valence-electron chi connectivity index (χ2n) is 6.35. The van der Waals surface area contributed by atoms with Crippen LogP contribution in [0.15, 0.2) is 36.4 Å². The van der Waals surface area contributed by atoms with Crippen molar-refractivity contribution in [3.63, 3.8) is 0 Å². The highest BCUT2D eigenvalue weighted by Crippen LogP contribution is 2.17. The van der Waals surface area contributed by atoms with Crippen molar-refractivity contribution >= 4 is 6.03 Å². The molecule has 138 valence electrons. The van der Waals surface area contributed by atoms with Crippen molar-refractivity contribution in [3.8, 4) is 11.6 Å². The van der Waals surface area contributed by atoms with Crippen LogP contribution in [0, 0.1) is 6.92 Å². The number of amides is 2. The summed E-state index contributed by atoms with van der Waals surface area (Å²) in [5.41, 5.74) is 1.87. The zero-order valence-corrected chi connectivity index (χ0v) is 15.1. The van der Waals surface area contributed by atoms with Crippen LogP contribution >= 0.6 is 0 Å². The molecule has 1 aliphatic heterocycles. The van der Waals surface area contributed by atoms with Crippen LogP contribution in [0.3, 0.4) is 0 Å². The summed E-state index contributed by atoms with van der Waals surface area (Å²) in [6.45, 7) is 3.64. The van der Waals surface area contributed by atoms with Gasteiger partial charge in [-0.15, -0.1) is 5.10 Å². The van der Waals surface area contributed by atoms with Crippen LogP contribution < -0.4 is 14.8 Å². The van der Waals surface area contributed by atoms with E-state index >= 15 is 0 Å². The Morgan fingerprint density at radius 1 is 1.23 bits per heavy atom. The minimum Gasteiger partial charge on any atom is -0.497 e. The van der Waals surface area contributed by atoms with Gasteiger partial charge in [-0.25, -0.2) is 4.79 Å². The van der Waals surface area contributed by atoms with E-state index < -0.39 is 0 Å². The Balaban J connectivity index is 1.49. The van der Waals surface area contributed by atoms with E-state index in [0.717, 1.165) is 36.4 Å². The predicted octanol–water partition coefficient (Wildman–Crippen LogP) is 2.55. The van der Waals surface area contributed by atoms with E-state index in [2.05, 4.69) is 15.5 Å². The number of hydrogen-bond acceptors (Lipinski definition) is 5. The molecular weight excluding hydrogens is 332 g/mol. The quantitative estimate of drug-likeness (QED) is 0.891. The molecule has 0 aliphatic carbocycles. The van der Waals surface area contributed by atoms with Crippen molar-refractivity contribution < 1.29 is 14.3 Å². The van der Waals surface area contributed by atoms with Gasteiger partial charge in [0.05, 0.1) is 19.3 Å². The average Bonchev–Trinajstić information content (AvgIpc) is 2.68. The van der Waals surface area contributed by atoms with Gasteiger partial charge in [0.1, 0.15) is 11.9 Å². The lowest BCUT2D eigenvalue weighted by Crippen LogP contribution is -2.48. The third-order valence-electron chi connectivity index (χ3n) is 4.33. The van der Waals surface area contributed by atoms with Gasteiger partial charge in [-0.05, 0) is 43.5 Å². The third-order valence-corrected chi connectivity index (χ3v) is 4.33. The predicted molar refractivity (Wildman–Crippen MR) is 97.2 cm³/mol. The van der Waals surface area contributed by atoms with E-state index in [0.29, 0.717) is 19.0 Å². The number of rotatable bonds is 5. The van der Waals surface area contributed by atoms with Crippen molar-refractivity contribution in [3.05, 3.63) is 47.7 Å². The number of nitrogens with one attached hydrogen (secondary N) is 1. The van der Waals surface area contributed by atoms with Crippen LogP contribution in [-0.4, -0.2) is 47.4 Å². The van der Waals surface area contributed by atoms with Crippen molar-refractivity contribution in [2.75, 3.05) is 20.2 Å². The summed E-state index contributed by atoms with van der Waals surface area (Å²) in [7, 11) is 1.63. The van der Waals surface area contributed by atoms with Gasteiger partial charge in [0.25, 0.3) is 0 Å². The monoisotopic (exact) mass is 356 g/mol. The summed E-state index contributed by atoms with van der Waals surface area (Å²) in [6.07, 6.45) is 1.74. The molecule has 1 N–H and O–H groups in total. The number of likely N-dealkylation sites (tertiary alicyclic amines) is 1. The molecule has 1 aliphatic rings. The van der Waals surface area contributed by atoms with Crippen LogP contribution in [0.25, 0.3) is 0 Å². The summed E-state index contributed by atoms with van der Waals surface area (Å²) in [4.78, 5) is 14.2. The summed E-state index contributed by atoms with van der Waals surface area (Å²) in [5, 5.41) is 11.0. The van der Waals surface area contributed by atoms with Crippen LogP contribution in [0.5, 0.6) is 11.6 Å². The first-order valence-corrected chi connectivity index (χ1v) is 8.77. The molecule has 1 saturated heterocycles. The molecular formula is C19H24N4O3. The van der Waals surface area contributed by atoms with Gasteiger partial charge in [-0.1, -0.05) is 12.1 Å². The minimum atomic E-state index is -0.0795. The van der Waals surface area contributed by atoms with E-state index in [1.807, 2.05) is 43.3 Å². The van der Waals surface area contributed by atoms with E-state index in [1.54, 1.807) is 12.0 Å². The van der Waals surface area contributed by atoms with Crippen molar-refractivity contribution in [2.45, 2.75) is 32.4 Å². The molecule has 0 bridgehead atoms.